The van der Waals surface area contributed by atoms with Gasteiger partial charge in [0.2, 0.25) is 5.95 Å². The molecule has 3 aromatic rings. The lowest BCUT2D eigenvalue weighted by Gasteiger charge is -2.13. The summed E-state index contributed by atoms with van der Waals surface area (Å²) in [4.78, 5) is 10.8. The Hall–Kier alpha value is -2.92. The summed E-state index contributed by atoms with van der Waals surface area (Å²) in [6.07, 6.45) is 1.70. The first-order valence-electron chi connectivity index (χ1n) is 7.68. The minimum atomic E-state index is -4.28. The van der Waals surface area contributed by atoms with Gasteiger partial charge >= 0.3 is 10.3 Å². The molecule has 0 fully saturated rings. The van der Waals surface area contributed by atoms with Crippen molar-refractivity contribution in [3.8, 4) is 0 Å². The summed E-state index contributed by atoms with van der Waals surface area (Å²) >= 11 is 0. The minimum Gasteiger partial charge on any atom is -0.365 e. The van der Waals surface area contributed by atoms with Crippen molar-refractivity contribution >= 4 is 38.8 Å². The summed E-state index contributed by atoms with van der Waals surface area (Å²) in [6.45, 7) is 0.472. The zero-order valence-corrected chi connectivity index (χ0v) is 15.3. The highest BCUT2D eigenvalue weighted by Crippen LogP contribution is 2.23. The second-order valence-corrected chi connectivity index (χ2v) is 7.05. The third-order valence-corrected chi connectivity index (χ3v) is 4.13. The van der Waals surface area contributed by atoms with E-state index in [1.54, 1.807) is 35.1 Å². The highest BCUT2D eigenvalue weighted by Gasteiger charge is 2.12. The number of aromatic nitrogens is 4. The molecular weight excluding hydrogens is 358 g/mol. The van der Waals surface area contributed by atoms with Crippen LogP contribution >= 0.6 is 0 Å². The lowest BCUT2D eigenvalue weighted by molar-refractivity contribution is 0.489. The first-order chi connectivity index (χ1) is 12.2. The van der Waals surface area contributed by atoms with E-state index in [9.17, 15) is 8.42 Å². The van der Waals surface area contributed by atoms with Crippen LogP contribution in [0.3, 0.4) is 0 Å². The molecule has 0 unspecified atom stereocenters. The van der Waals surface area contributed by atoms with Crippen molar-refractivity contribution in [1.29, 1.82) is 0 Å². The van der Waals surface area contributed by atoms with Crippen molar-refractivity contribution < 1.29 is 13.0 Å². The van der Waals surface area contributed by atoms with Gasteiger partial charge in [0.05, 0.1) is 17.3 Å². The van der Waals surface area contributed by atoms with Crippen molar-refractivity contribution in [2.75, 3.05) is 29.0 Å². The Balaban J connectivity index is 1.81. The number of nitrogens with zero attached hydrogens (tertiary/aromatic N) is 5. The molecule has 0 aliphatic carbocycles. The van der Waals surface area contributed by atoms with Crippen LogP contribution in [0.4, 0.5) is 17.5 Å². The van der Waals surface area contributed by atoms with Gasteiger partial charge in [0, 0.05) is 27.7 Å². The predicted octanol–water partition coefficient (Wildman–Crippen LogP) is 1.26. The number of rotatable bonds is 6. The van der Waals surface area contributed by atoms with Gasteiger partial charge in [0.25, 0.3) is 0 Å². The fourth-order valence-corrected chi connectivity index (χ4v) is 2.80. The smallest absolute Gasteiger partial charge is 0.357 e. The molecule has 0 spiro atoms. The number of anilines is 3. The maximum Gasteiger partial charge on any atom is 0.357 e. The Morgan fingerprint density at radius 3 is 2.50 bits per heavy atom. The van der Waals surface area contributed by atoms with E-state index in [1.807, 2.05) is 30.8 Å². The van der Waals surface area contributed by atoms with Crippen molar-refractivity contribution in [2.45, 2.75) is 6.54 Å². The molecule has 0 aliphatic heterocycles. The van der Waals surface area contributed by atoms with E-state index < -0.39 is 10.3 Å². The Labute approximate surface area is 150 Å². The highest BCUT2D eigenvalue weighted by molar-refractivity contribution is 7.87. The van der Waals surface area contributed by atoms with Crippen molar-refractivity contribution in [3.05, 3.63) is 36.0 Å². The van der Waals surface area contributed by atoms with Gasteiger partial charge in [-0.05, 0) is 17.7 Å². The maximum atomic E-state index is 10.8. The molecule has 3 rings (SSSR count). The Kier molecular flexibility index (Phi) is 4.66. The van der Waals surface area contributed by atoms with Gasteiger partial charge in [-0.15, -0.1) is 0 Å². The van der Waals surface area contributed by atoms with Crippen LogP contribution in [0, 0.1) is 0 Å². The predicted molar refractivity (Wildman–Crippen MR) is 99.6 cm³/mol. The summed E-state index contributed by atoms with van der Waals surface area (Å²) in [7, 11) is 1.27. The van der Waals surface area contributed by atoms with E-state index in [-0.39, 0.29) is 5.69 Å². The van der Waals surface area contributed by atoms with Crippen LogP contribution in [-0.4, -0.2) is 46.8 Å². The van der Waals surface area contributed by atoms with Crippen LogP contribution < -0.4 is 14.9 Å². The molecule has 0 saturated heterocycles. The molecule has 11 heteroatoms. The molecule has 0 saturated carbocycles. The molecule has 0 amide bonds. The van der Waals surface area contributed by atoms with Crippen molar-refractivity contribution in [3.63, 3.8) is 0 Å². The molecule has 2 heterocycles. The van der Waals surface area contributed by atoms with E-state index in [0.717, 1.165) is 16.6 Å². The molecular formula is C15H19N7O3S. The third kappa shape index (κ3) is 4.00. The van der Waals surface area contributed by atoms with Crippen LogP contribution in [0.25, 0.3) is 11.0 Å². The fourth-order valence-electron chi connectivity index (χ4n) is 2.37. The highest BCUT2D eigenvalue weighted by atomic mass is 32.2. The van der Waals surface area contributed by atoms with Gasteiger partial charge in [-0.2, -0.15) is 23.5 Å². The summed E-state index contributed by atoms with van der Waals surface area (Å²) in [5.41, 5.74) is 1.91. The standard InChI is InChI=1S/C15H19N7O3S/c1-21(2)15-18-13(12-9-17-22(3)14(12)19-15)16-8-10-4-6-11(7-5-10)20-26(23,24)25/h4-7,9,20H,8H2,1-3H3,(H,16,18,19)(H,23,24,25). The molecule has 138 valence electrons. The quantitative estimate of drug-likeness (QED) is 0.548. The van der Waals surface area contributed by atoms with E-state index in [4.69, 9.17) is 4.55 Å². The first kappa shape index (κ1) is 17.9. The molecule has 10 nitrogen and oxygen atoms in total. The van der Waals surface area contributed by atoms with Gasteiger partial charge in [0.15, 0.2) is 5.65 Å². The van der Waals surface area contributed by atoms with Gasteiger partial charge in [-0.25, -0.2) is 0 Å². The Morgan fingerprint density at radius 1 is 1.19 bits per heavy atom. The Bertz CT molecular complexity index is 1030. The molecule has 0 aliphatic rings. The van der Waals surface area contributed by atoms with Gasteiger partial charge in [0.1, 0.15) is 5.82 Å². The Morgan fingerprint density at radius 2 is 1.88 bits per heavy atom. The van der Waals surface area contributed by atoms with E-state index in [2.05, 4.69) is 20.4 Å². The number of fused-ring (bicyclic) bond motifs is 1. The molecule has 1 aromatic carbocycles. The first-order valence-corrected chi connectivity index (χ1v) is 9.12. The number of hydrogen-bond donors (Lipinski definition) is 3. The van der Waals surface area contributed by atoms with Crippen molar-refractivity contribution in [1.82, 2.24) is 19.7 Å². The van der Waals surface area contributed by atoms with E-state index in [0.29, 0.717) is 18.3 Å². The van der Waals surface area contributed by atoms with E-state index >= 15 is 0 Å². The summed E-state index contributed by atoms with van der Waals surface area (Å²) in [6, 6.07) is 6.62. The largest absolute Gasteiger partial charge is 0.365 e. The average molecular weight is 377 g/mol. The molecule has 2 aromatic heterocycles. The summed E-state index contributed by atoms with van der Waals surface area (Å²) in [5.74, 6) is 1.23. The minimum absolute atomic E-state index is 0.280. The van der Waals surface area contributed by atoms with Crippen LogP contribution in [0.5, 0.6) is 0 Å². The normalized spacial score (nSPS) is 11.5. The topological polar surface area (TPSA) is 125 Å². The van der Waals surface area contributed by atoms with Gasteiger partial charge in [-0.3, -0.25) is 14.0 Å². The fraction of sp³-hybridized carbons (Fsp3) is 0.267. The second kappa shape index (κ2) is 6.77. The second-order valence-electron chi connectivity index (χ2n) is 5.90. The number of benzene rings is 1. The summed E-state index contributed by atoms with van der Waals surface area (Å²) < 4.78 is 34.1. The number of hydrogen-bond acceptors (Lipinski definition) is 7. The summed E-state index contributed by atoms with van der Waals surface area (Å²) in [5, 5.41) is 8.29. The van der Waals surface area contributed by atoms with Crippen LogP contribution in [0.1, 0.15) is 5.56 Å². The van der Waals surface area contributed by atoms with Crippen LogP contribution in [-0.2, 0) is 23.9 Å². The van der Waals surface area contributed by atoms with Crippen LogP contribution in [0.2, 0.25) is 0 Å². The van der Waals surface area contributed by atoms with Gasteiger partial charge < -0.3 is 10.2 Å². The average Bonchev–Trinajstić information content (AvgIpc) is 2.94. The molecule has 0 radical (unpaired) electrons. The molecule has 26 heavy (non-hydrogen) atoms. The molecule has 3 N–H and O–H groups in total. The zero-order chi connectivity index (χ0) is 18.9. The van der Waals surface area contributed by atoms with Crippen LogP contribution in [0.15, 0.2) is 30.5 Å². The lowest BCUT2D eigenvalue weighted by atomic mass is 10.2. The lowest BCUT2D eigenvalue weighted by Crippen LogP contribution is -2.15. The zero-order valence-electron chi connectivity index (χ0n) is 14.5. The van der Waals surface area contributed by atoms with Crippen molar-refractivity contribution in [2.24, 2.45) is 7.05 Å². The number of nitrogens with one attached hydrogen (secondary N) is 2. The third-order valence-electron chi connectivity index (χ3n) is 3.64. The SMILES string of the molecule is CN(C)c1nc(NCc2ccc(NS(=O)(=O)O)cc2)c2cnn(C)c2n1. The monoisotopic (exact) mass is 377 g/mol. The van der Waals surface area contributed by atoms with Gasteiger partial charge in [-0.1, -0.05) is 12.1 Å². The maximum absolute atomic E-state index is 10.8. The number of aryl methyl sites for hydroxylation is 1. The molecule has 0 bridgehead atoms. The van der Waals surface area contributed by atoms with E-state index in [1.165, 1.54) is 0 Å². The molecule has 0 atom stereocenters.